The number of morpholine rings is 1. The second kappa shape index (κ2) is 9.30. The first-order valence-electron chi connectivity index (χ1n) is 9.11. The van der Waals surface area contributed by atoms with E-state index in [1.165, 1.54) is 11.6 Å². The summed E-state index contributed by atoms with van der Waals surface area (Å²) in [6, 6.07) is 12.4. The SMILES string of the molecule is C=CC(=O)N(C)c1cncc(N(Cc2ccccc2)CN2CCOCC2)c1. The van der Waals surface area contributed by atoms with E-state index in [0.29, 0.717) is 0 Å². The molecule has 2 heterocycles. The van der Waals surface area contributed by atoms with Crippen LogP contribution in [0.1, 0.15) is 5.56 Å². The molecule has 1 fully saturated rings. The summed E-state index contributed by atoms with van der Waals surface area (Å²) in [5.74, 6) is -0.156. The van der Waals surface area contributed by atoms with Gasteiger partial charge in [-0.05, 0) is 17.7 Å². The molecule has 6 heteroatoms. The summed E-state index contributed by atoms with van der Waals surface area (Å²) in [5.41, 5.74) is 2.95. The van der Waals surface area contributed by atoms with Crippen LogP contribution in [0.2, 0.25) is 0 Å². The van der Waals surface area contributed by atoms with Crippen molar-refractivity contribution in [3.8, 4) is 0 Å². The van der Waals surface area contributed by atoms with Gasteiger partial charge in [-0.15, -0.1) is 0 Å². The highest BCUT2D eigenvalue weighted by atomic mass is 16.5. The minimum atomic E-state index is -0.156. The predicted octanol–water partition coefficient (Wildman–Crippen LogP) is 2.53. The average Bonchev–Trinajstić information content (AvgIpc) is 2.74. The Bertz CT molecular complexity index is 760. The first kappa shape index (κ1) is 19.1. The topological polar surface area (TPSA) is 48.9 Å². The highest BCUT2D eigenvalue weighted by Crippen LogP contribution is 2.23. The van der Waals surface area contributed by atoms with Crippen molar-refractivity contribution in [2.24, 2.45) is 0 Å². The van der Waals surface area contributed by atoms with Gasteiger partial charge in [-0.25, -0.2) is 0 Å². The van der Waals surface area contributed by atoms with E-state index in [-0.39, 0.29) is 5.91 Å². The third-order valence-corrected chi connectivity index (χ3v) is 4.66. The van der Waals surface area contributed by atoms with E-state index >= 15 is 0 Å². The number of hydrogen-bond donors (Lipinski definition) is 0. The maximum atomic E-state index is 11.9. The summed E-state index contributed by atoms with van der Waals surface area (Å²) >= 11 is 0. The van der Waals surface area contributed by atoms with Crippen LogP contribution in [-0.4, -0.2) is 55.8 Å². The van der Waals surface area contributed by atoms with E-state index in [1.807, 2.05) is 30.5 Å². The number of ether oxygens (including phenoxy) is 1. The van der Waals surface area contributed by atoms with Crippen molar-refractivity contribution in [1.29, 1.82) is 0 Å². The number of aromatic nitrogens is 1. The maximum absolute atomic E-state index is 11.9. The fraction of sp³-hybridized carbons (Fsp3) is 0.333. The lowest BCUT2D eigenvalue weighted by atomic mass is 10.2. The molecule has 0 saturated carbocycles. The Kier molecular flexibility index (Phi) is 6.57. The highest BCUT2D eigenvalue weighted by molar-refractivity contribution is 6.00. The third kappa shape index (κ3) is 5.15. The lowest BCUT2D eigenvalue weighted by molar-refractivity contribution is -0.113. The van der Waals surface area contributed by atoms with Crippen molar-refractivity contribution in [3.63, 3.8) is 0 Å². The molecule has 1 aliphatic rings. The molecule has 0 spiro atoms. The lowest BCUT2D eigenvalue weighted by Gasteiger charge is -2.34. The predicted molar refractivity (Wildman–Crippen MR) is 108 cm³/mol. The molecule has 1 aromatic carbocycles. The molecule has 2 aromatic rings. The van der Waals surface area contributed by atoms with Crippen LogP contribution in [0.5, 0.6) is 0 Å². The van der Waals surface area contributed by atoms with E-state index in [4.69, 9.17) is 4.74 Å². The van der Waals surface area contributed by atoms with E-state index in [2.05, 4.69) is 33.5 Å². The number of hydrogen-bond acceptors (Lipinski definition) is 5. The van der Waals surface area contributed by atoms with Crippen LogP contribution >= 0.6 is 0 Å². The van der Waals surface area contributed by atoms with Gasteiger partial charge < -0.3 is 14.5 Å². The number of carbonyl (C=O) groups is 1. The number of rotatable bonds is 7. The van der Waals surface area contributed by atoms with Crippen molar-refractivity contribution >= 4 is 17.3 Å². The molecule has 0 N–H and O–H groups in total. The van der Waals surface area contributed by atoms with E-state index < -0.39 is 0 Å². The molecular formula is C21H26N4O2. The fourth-order valence-electron chi connectivity index (χ4n) is 3.05. The molecule has 0 bridgehead atoms. The molecule has 142 valence electrons. The molecule has 6 nitrogen and oxygen atoms in total. The Morgan fingerprint density at radius 3 is 2.63 bits per heavy atom. The van der Waals surface area contributed by atoms with Crippen molar-refractivity contribution < 1.29 is 9.53 Å². The van der Waals surface area contributed by atoms with Gasteiger partial charge in [0.05, 0.1) is 43.7 Å². The second-order valence-electron chi connectivity index (χ2n) is 6.56. The number of benzene rings is 1. The molecule has 27 heavy (non-hydrogen) atoms. The van der Waals surface area contributed by atoms with Crippen LogP contribution in [0.25, 0.3) is 0 Å². The first-order valence-corrected chi connectivity index (χ1v) is 9.11. The summed E-state index contributed by atoms with van der Waals surface area (Å²) in [5, 5.41) is 0. The number of nitrogens with zero attached hydrogens (tertiary/aromatic N) is 4. The highest BCUT2D eigenvalue weighted by Gasteiger charge is 2.17. The Balaban J connectivity index is 1.84. The van der Waals surface area contributed by atoms with Crippen LogP contribution in [0, 0.1) is 0 Å². The van der Waals surface area contributed by atoms with Crippen LogP contribution in [0.4, 0.5) is 11.4 Å². The smallest absolute Gasteiger partial charge is 0.250 e. The molecule has 0 unspecified atom stereocenters. The number of pyridine rings is 1. The number of carbonyl (C=O) groups excluding carboxylic acids is 1. The monoisotopic (exact) mass is 366 g/mol. The van der Waals surface area contributed by atoms with Crippen LogP contribution in [-0.2, 0) is 16.1 Å². The molecular weight excluding hydrogens is 340 g/mol. The quantitative estimate of drug-likeness (QED) is 0.705. The molecule has 1 saturated heterocycles. The third-order valence-electron chi connectivity index (χ3n) is 4.66. The van der Waals surface area contributed by atoms with E-state index in [9.17, 15) is 4.79 Å². The molecule has 0 radical (unpaired) electrons. The van der Waals surface area contributed by atoms with Gasteiger partial charge in [0, 0.05) is 26.7 Å². The zero-order chi connectivity index (χ0) is 19.1. The standard InChI is InChI=1S/C21H26N4O2/c1-3-21(26)23(2)19-13-20(15-22-14-19)25(16-18-7-5-4-6-8-18)17-24-9-11-27-12-10-24/h3-8,13-15H,1,9-12,16-17H2,2H3. The van der Waals surface area contributed by atoms with Crippen molar-refractivity contribution in [2.75, 3.05) is 49.8 Å². The van der Waals surface area contributed by atoms with Gasteiger partial charge in [0.1, 0.15) is 0 Å². The lowest BCUT2D eigenvalue weighted by Crippen LogP contribution is -2.44. The fourth-order valence-corrected chi connectivity index (χ4v) is 3.05. The summed E-state index contributed by atoms with van der Waals surface area (Å²) < 4.78 is 5.47. The Hall–Kier alpha value is -2.70. The van der Waals surface area contributed by atoms with Gasteiger partial charge in [0.25, 0.3) is 0 Å². The van der Waals surface area contributed by atoms with Crippen LogP contribution in [0.15, 0.2) is 61.4 Å². The molecule has 1 amide bonds. The van der Waals surface area contributed by atoms with Gasteiger partial charge >= 0.3 is 0 Å². The Morgan fingerprint density at radius 1 is 1.22 bits per heavy atom. The normalized spacial score (nSPS) is 14.6. The van der Waals surface area contributed by atoms with Gasteiger partial charge in [-0.3, -0.25) is 14.7 Å². The number of amides is 1. The number of likely N-dealkylation sites (N-methyl/N-ethyl adjacent to an activating group) is 1. The summed E-state index contributed by atoms with van der Waals surface area (Å²) in [6.07, 6.45) is 4.85. The molecule has 3 rings (SSSR count). The molecule has 0 aliphatic carbocycles. The minimum absolute atomic E-state index is 0.156. The molecule has 1 aliphatic heterocycles. The van der Waals surface area contributed by atoms with Crippen molar-refractivity contribution in [1.82, 2.24) is 9.88 Å². The van der Waals surface area contributed by atoms with E-state index in [1.54, 1.807) is 18.1 Å². The van der Waals surface area contributed by atoms with E-state index in [0.717, 1.165) is 50.9 Å². The zero-order valence-electron chi connectivity index (χ0n) is 15.8. The average molecular weight is 366 g/mol. The Labute approximate surface area is 160 Å². The van der Waals surface area contributed by atoms with Gasteiger partial charge in [0.2, 0.25) is 5.91 Å². The second-order valence-corrected chi connectivity index (χ2v) is 6.56. The van der Waals surface area contributed by atoms with Crippen LogP contribution < -0.4 is 9.80 Å². The summed E-state index contributed by atoms with van der Waals surface area (Å²) in [6.45, 7) is 8.44. The molecule has 0 atom stereocenters. The maximum Gasteiger partial charge on any atom is 0.250 e. The van der Waals surface area contributed by atoms with Crippen LogP contribution in [0.3, 0.4) is 0 Å². The Morgan fingerprint density at radius 2 is 1.93 bits per heavy atom. The van der Waals surface area contributed by atoms with Gasteiger partial charge in [-0.2, -0.15) is 0 Å². The largest absolute Gasteiger partial charge is 0.379 e. The summed E-state index contributed by atoms with van der Waals surface area (Å²) in [4.78, 5) is 22.5. The number of anilines is 2. The minimum Gasteiger partial charge on any atom is -0.379 e. The zero-order valence-corrected chi connectivity index (χ0v) is 15.8. The van der Waals surface area contributed by atoms with Crippen molar-refractivity contribution in [3.05, 3.63) is 67.0 Å². The first-order chi connectivity index (χ1) is 13.2. The molecule has 1 aromatic heterocycles. The van der Waals surface area contributed by atoms with Gasteiger partial charge in [-0.1, -0.05) is 36.9 Å². The van der Waals surface area contributed by atoms with Gasteiger partial charge in [0.15, 0.2) is 0 Å². The van der Waals surface area contributed by atoms with Crippen molar-refractivity contribution in [2.45, 2.75) is 6.54 Å². The summed E-state index contributed by atoms with van der Waals surface area (Å²) in [7, 11) is 1.73.